The molecule has 0 radical (unpaired) electrons. The molecule has 2 N–H and O–H groups in total. The van der Waals surface area contributed by atoms with E-state index >= 15 is 0 Å². The van der Waals surface area contributed by atoms with Crippen LogP contribution in [0.15, 0.2) is 34.9 Å². The van der Waals surface area contributed by atoms with Gasteiger partial charge in [0.2, 0.25) is 5.95 Å². The molecule has 8 heteroatoms. The van der Waals surface area contributed by atoms with E-state index in [-0.39, 0.29) is 17.6 Å². The Balaban J connectivity index is 1.78. The Bertz CT molecular complexity index is 838. The van der Waals surface area contributed by atoms with E-state index in [1.54, 1.807) is 16.6 Å². The van der Waals surface area contributed by atoms with E-state index in [1.165, 1.54) is 6.26 Å². The average molecular weight is 328 g/mol. The van der Waals surface area contributed by atoms with Gasteiger partial charge in [0.1, 0.15) is 0 Å². The number of aromatic nitrogens is 3. The highest BCUT2D eigenvalue weighted by atomic mass is 16.3. The van der Waals surface area contributed by atoms with Gasteiger partial charge < -0.3 is 14.6 Å². The third-order valence-electron chi connectivity index (χ3n) is 3.58. The van der Waals surface area contributed by atoms with Crippen molar-refractivity contribution in [3.05, 3.63) is 42.0 Å². The molecule has 0 aliphatic rings. The van der Waals surface area contributed by atoms with Crippen molar-refractivity contribution in [1.82, 2.24) is 19.5 Å². The first kappa shape index (κ1) is 16.0. The number of fused-ring (bicyclic) bond motifs is 1. The number of amides is 1. The number of hydrogen-bond acceptors (Lipinski definition) is 6. The van der Waals surface area contributed by atoms with Gasteiger partial charge in [0, 0.05) is 13.1 Å². The lowest BCUT2D eigenvalue weighted by atomic mass is 10.3. The Morgan fingerprint density at radius 2 is 2.17 bits per heavy atom. The number of likely N-dealkylation sites (N-methyl/N-ethyl adjacent to an activating group) is 1. The molecule has 0 atom stereocenters. The van der Waals surface area contributed by atoms with Crippen molar-refractivity contribution < 1.29 is 9.21 Å². The van der Waals surface area contributed by atoms with Gasteiger partial charge in [0.25, 0.3) is 5.91 Å². The first-order valence-corrected chi connectivity index (χ1v) is 7.64. The molecule has 3 heterocycles. The van der Waals surface area contributed by atoms with E-state index in [2.05, 4.69) is 25.6 Å². The fraction of sp³-hybridized carbons (Fsp3) is 0.312. The second kappa shape index (κ2) is 6.71. The molecule has 126 valence electrons. The summed E-state index contributed by atoms with van der Waals surface area (Å²) in [5.74, 6) is 0.0828. The molecule has 0 aromatic carbocycles. The minimum atomic E-state index is -0.377. The molecular formula is C16H20N6O2. The number of anilines is 2. The van der Waals surface area contributed by atoms with Gasteiger partial charge in [0.15, 0.2) is 11.4 Å². The van der Waals surface area contributed by atoms with Crippen LogP contribution in [-0.2, 0) is 0 Å². The summed E-state index contributed by atoms with van der Waals surface area (Å²) >= 11 is 0. The summed E-state index contributed by atoms with van der Waals surface area (Å²) in [6.07, 6.45) is 1.45. The summed E-state index contributed by atoms with van der Waals surface area (Å²) in [4.78, 5) is 18.4. The average Bonchev–Trinajstić information content (AvgIpc) is 3.18. The summed E-state index contributed by atoms with van der Waals surface area (Å²) in [5, 5.41) is 10.4. The number of hydrogen-bond donors (Lipinski definition) is 2. The lowest BCUT2D eigenvalue weighted by Gasteiger charge is -2.13. The highest BCUT2D eigenvalue weighted by Crippen LogP contribution is 2.17. The molecule has 0 saturated heterocycles. The number of carbonyl (C=O) groups excluding carboxylic acids is 1. The second-order valence-corrected chi connectivity index (χ2v) is 5.70. The van der Waals surface area contributed by atoms with Gasteiger partial charge in [0.05, 0.1) is 17.6 Å². The largest absolute Gasteiger partial charge is 0.459 e. The van der Waals surface area contributed by atoms with Crippen molar-refractivity contribution in [2.75, 3.05) is 37.8 Å². The number of furan rings is 1. The monoisotopic (exact) mass is 328 g/mol. The van der Waals surface area contributed by atoms with Gasteiger partial charge in [-0.15, -0.1) is 5.10 Å². The minimum absolute atomic E-state index is 0.219. The highest BCUT2D eigenvalue weighted by Gasteiger charge is 2.13. The molecule has 0 aliphatic heterocycles. The number of rotatable bonds is 6. The Morgan fingerprint density at radius 1 is 1.33 bits per heavy atom. The van der Waals surface area contributed by atoms with Crippen molar-refractivity contribution in [1.29, 1.82) is 0 Å². The van der Waals surface area contributed by atoms with Crippen LogP contribution >= 0.6 is 0 Å². The number of aryl methyl sites for hydroxylation is 1. The summed E-state index contributed by atoms with van der Waals surface area (Å²) < 4.78 is 6.76. The topological polar surface area (TPSA) is 87.7 Å². The van der Waals surface area contributed by atoms with E-state index in [0.29, 0.717) is 5.65 Å². The van der Waals surface area contributed by atoms with Crippen LogP contribution in [0, 0.1) is 6.92 Å². The van der Waals surface area contributed by atoms with Crippen molar-refractivity contribution in [3.63, 3.8) is 0 Å². The maximum atomic E-state index is 12.0. The molecule has 0 aliphatic carbocycles. The third kappa shape index (κ3) is 3.38. The van der Waals surface area contributed by atoms with Gasteiger partial charge in [-0.25, -0.2) is 4.52 Å². The lowest BCUT2D eigenvalue weighted by Crippen LogP contribution is -2.21. The minimum Gasteiger partial charge on any atom is -0.459 e. The zero-order valence-electron chi connectivity index (χ0n) is 13.9. The van der Waals surface area contributed by atoms with E-state index in [4.69, 9.17) is 4.42 Å². The molecule has 3 rings (SSSR count). The molecule has 3 aromatic rings. The fourth-order valence-corrected chi connectivity index (χ4v) is 2.30. The number of pyridine rings is 1. The van der Waals surface area contributed by atoms with E-state index in [9.17, 15) is 4.79 Å². The van der Waals surface area contributed by atoms with Crippen molar-refractivity contribution in [2.24, 2.45) is 0 Å². The van der Waals surface area contributed by atoms with Crippen LogP contribution in [-0.4, -0.2) is 52.6 Å². The summed E-state index contributed by atoms with van der Waals surface area (Å²) in [5.41, 5.74) is 2.58. The third-order valence-corrected chi connectivity index (χ3v) is 3.58. The Morgan fingerprint density at radius 3 is 2.88 bits per heavy atom. The molecule has 8 nitrogen and oxygen atoms in total. The van der Waals surface area contributed by atoms with Crippen LogP contribution in [0.25, 0.3) is 5.65 Å². The van der Waals surface area contributed by atoms with Crippen molar-refractivity contribution >= 4 is 23.2 Å². The summed E-state index contributed by atoms with van der Waals surface area (Å²) in [6, 6.07) is 7.07. The lowest BCUT2D eigenvalue weighted by molar-refractivity contribution is 0.0996. The van der Waals surface area contributed by atoms with Crippen LogP contribution in [0.1, 0.15) is 16.2 Å². The standard InChI is InChI=1S/C16H20N6O2/c1-11-12(17-8-9-21(2)3)6-7-14-18-16(20-22(11)14)19-15(23)13-5-4-10-24-13/h4-7,10,17H,8-9H2,1-3H3,(H,19,20,23). The Hall–Kier alpha value is -2.87. The number of nitrogens with one attached hydrogen (secondary N) is 2. The number of nitrogens with zero attached hydrogens (tertiary/aromatic N) is 4. The van der Waals surface area contributed by atoms with Gasteiger partial charge in [-0.2, -0.15) is 4.98 Å². The quantitative estimate of drug-likeness (QED) is 0.718. The van der Waals surface area contributed by atoms with Crippen LogP contribution in [0.3, 0.4) is 0 Å². The molecule has 0 unspecified atom stereocenters. The smallest absolute Gasteiger partial charge is 0.293 e. The molecule has 24 heavy (non-hydrogen) atoms. The van der Waals surface area contributed by atoms with Crippen LogP contribution in [0.5, 0.6) is 0 Å². The van der Waals surface area contributed by atoms with E-state index in [0.717, 1.165) is 24.5 Å². The fourth-order valence-electron chi connectivity index (χ4n) is 2.30. The predicted octanol–water partition coefficient (Wildman–Crippen LogP) is 1.86. The second-order valence-electron chi connectivity index (χ2n) is 5.70. The Labute approximate surface area is 139 Å². The van der Waals surface area contributed by atoms with Gasteiger partial charge in [-0.3, -0.25) is 10.1 Å². The zero-order chi connectivity index (χ0) is 17.1. The van der Waals surface area contributed by atoms with Gasteiger partial charge >= 0.3 is 0 Å². The first-order valence-electron chi connectivity index (χ1n) is 7.64. The van der Waals surface area contributed by atoms with Crippen LogP contribution in [0.2, 0.25) is 0 Å². The van der Waals surface area contributed by atoms with Crippen molar-refractivity contribution in [2.45, 2.75) is 6.92 Å². The molecule has 0 bridgehead atoms. The van der Waals surface area contributed by atoms with Crippen molar-refractivity contribution in [3.8, 4) is 0 Å². The van der Waals surface area contributed by atoms with Gasteiger partial charge in [-0.05, 0) is 45.3 Å². The summed E-state index contributed by atoms with van der Waals surface area (Å²) in [6.45, 7) is 3.72. The molecule has 1 amide bonds. The SMILES string of the molecule is Cc1c(NCCN(C)C)ccc2nc(NC(=O)c3ccco3)nn12. The maximum absolute atomic E-state index is 12.0. The van der Waals surface area contributed by atoms with Crippen LogP contribution in [0.4, 0.5) is 11.6 Å². The predicted molar refractivity (Wildman–Crippen MR) is 91.4 cm³/mol. The number of carbonyl (C=O) groups is 1. The molecular weight excluding hydrogens is 308 g/mol. The molecule has 0 spiro atoms. The van der Waals surface area contributed by atoms with Crippen LogP contribution < -0.4 is 10.6 Å². The summed E-state index contributed by atoms with van der Waals surface area (Å²) in [7, 11) is 4.06. The molecule has 0 fully saturated rings. The van der Waals surface area contributed by atoms with Gasteiger partial charge in [-0.1, -0.05) is 0 Å². The normalized spacial score (nSPS) is 11.2. The first-order chi connectivity index (χ1) is 11.5. The molecule has 0 saturated carbocycles. The highest BCUT2D eigenvalue weighted by molar-refractivity contribution is 6.01. The Kier molecular flexibility index (Phi) is 4.48. The van der Waals surface area contributed by atoms with E-state index < -0.39 is 0 Å². The molecule has 3 aromatic heterocycles. The maximum Gasteiger partial charge on any atom is 0.293 e. The van der Waals surface area contributed by atoms with E-state index in [1.807, 2.05) is 33.2 Å². The zero-order valence-corrected chi connectivity index (χ0v) is 13.9.